The summed E-state index contributed by atoms with van der Waals surface area (Å²) in [5.41, 5.74) is 1.01. The standard InChI is InChI=1S/C14H12N4O4/c1-22-12-5-3-2-4-9(12)10-6-11-14(21)17(7-13(19)20)15-8-18(11)16-10/h2-6,8H,7H2,1H3,(H,19,20). The maximum Gasteiger partial charge on any atom is 0.325 e. The van der Waals surface area contributed by atoms with E-state index in [9.17, 15) is 9.59 Å². The van der Waals surface area contributed by atoms with E-state index in [0.29, 0.717) is 11.4 Å². The van der Waals surface area contributed by atoms with Crippen molar-refractivity contribution < 1.29 is 14.6 Å². The van der Waals surface area contributed by atoms with E-state index >= 15 is 0 Å². The lowest BCUT2D eigenvalue weighted by Gasteiger charge is -2.04. The lowest BCUT2D eigenvalue weighted by molar-refractivity contribution is -0.138. The second kappa shape index (κ2) is 5.32. The quantitative estimate of drug-likeness (QED) is 0.759. The number of carbonyl (C=O) groups is 1. The highest BCUT2D eigenvalue weighted by Crippen LogP contribution is 2.28. The largest absolute Gasteiger partial charge is 0.496 e. The van der Waals surface area contributed by atoms with Crippen LogP contribution in [0.25, 0.3) is 16.8 Å². The van der Waals surface area contributed by atoms with Crippen molar-refractivity contribution in [1.29, 1.82) is 0 Å². The molecule has 0 aliphatic rings. The van der Waals surface area contributed by atoms with Crippen LogP contribution in [0.15, 0.2) is 41.5 Å². The highest BCUT2D eigenvalue weighted by Gasteiger charge is 2.13. The molecule has 0 unspecified atom stereocenters. The molecule has 112 valence electrons. The summed E-state index contributed by atoms with van der Waals surface area (Å²) in [6, 6.07) is 8.87. The van der Waals surface area contributed by atoms with Gasteiger partial charge in [-0.1, -0.05) is 12.1 Å². The molecule has 0 spiro atoms. The number of carboxylic acid groups (broad SMARTS) is 1. The zero-order chi connectivity index (χ0) is 15.7. The number of benzene rings is 1. The molecule has 8 heteroatoms. The molecule has 0 aliphatic carbocycles. The predicted octanol–water partition coefficient (Wildman–Crippen LogP) is 0.651. The fourth-order valence-electron chi connectivity index (χ4n) is 2.17. The van der Waals surface area contributed by atoms with Crippen LogP contribution in [0.5, 0.6) is 5.75 Å². The Morgan fingerprint density at radius 1 is 1.36 bits per heavy atom. The van der Waals surface area contributed by atoms with E-state index in [1.54, 1.807) is 19.2 Å². The first-order valence-electron chi connectivity index (χ1n) is 6.41. The van der Waals surface area contributed by atoms with Gasteiger partial charge in [0.25, 0.3) is 5.56 Å². The van der Waals surface area contributed by atoms with Crippen LogP contribution in [0, 0.1) is 0 Å². The predicted molar refractivity (Wildman–Crippen MR) is 76.9 cm³/mol. The molecule has 3 rings (SSSR count). The first-order chi connectivity index (χ1) is 10.6. The van der Waals surface area contributed by atoms with Crippen LogP contribution in [-0.4, -0.2) is 37.6 Å². The maximum absolute atomic E-state index is 12.2. The van der Waals surface area contributed by atoms with E-state index in [1.165, 1.54) is 10.8 Å². The van der Waals surface area contributed by atoms with Gasteiger partial charge < -0.3 is 9.84 Å². The molecule has 0 fully saturated rings. The first kappa shape index (κ1) is 13.8. The van der Waals surface area contributed by atoms with Crippen LogP contribution in [0.4, 0.5) is 0 Å². The second-order valence-electron chi connectivity index (χ2n) is 4.55. The van der Waals surface area contributed by atoms with Gasteiger partial charge in [-0.25, -0.2) is 9.20 Å². The van der Waals surface area contributed by atoms with Gasteiger partial charge in [-0.3, -0.25) is 9.59 Å². The third-order valence-corrected chi connectivity index (χ3v) is 3.16. The van der Waals surface area contributed by atoms with Crippen molar-refractivity contribution in [2.75, 3.05) is 7.11 Å². The molecule has 0 amide bonds. The Hall–Kier alpha value is -3.16. The van der Waals surface area contributed by atoms with E-state index in [1.807, 2.05) is 18.2 Å². The van der Waals surface area contributed by atoms with E-state index < -0.39 is 18.1 Å². The third kappa shape index (κ3) is 2.30. The summed E-state index contributed by atoms with van der Waals surface area (Å²) in [5.74, 6) is -0.506. The van der Waals surface area contributed by atoms with Gasteiger partial charge in [-0.2, -0.15) is 10.2 Å². The minimum absolute atomic E-state index is 0.247. The van der Waals surface area contributed by atoms with Crippen molar-refractivity contribution in [3.05, 3.63) is 47.0 Å². The zero-order valence-electron chi connectivity index (χ0n) is 11.6. The van der Waals surface area contributed by atoms with Crippen LogP contribution in [-0.2, 0) is 11.3 Å². The number of aliphatic carboxylic acids is 1. The Kier molecular flexibility index (Phi) is 3.34. The Morgan fingerprint density at radius 2 is 2.14 bits per heavy atom. The number of methoxy groups -OCH3 is 1. The van der Waals surface area contributed by atoms with Crippen molar-refractivity contribution in [3.63, 3.8) is 0 Å². The minimum Gasteiger partial charge on any atom is -0.496 e. The van der Waals surface area contributed by atoms with Gasteiger partial charge in [0, 0.05) is 5.56 Å². The SMILES string of the molecule is COc1ccccc1-c1cc2c(=O)n(CC(=O)O)ncn2n1. The second-order valence-corrected chi connectivity index (χ2v) is 4.55. The number of fused-ring (bicyclic) bond motifs is 1. The van der Waals surface area contributed by atoms with Crippen LogP contribution >= 0.6 is 0 Å². The average Bonchev–Trinajstić information content (AvgIpc) is 2.94. The fourth-order valence-corrected chi connectivity index (χ4v) is 2.17. The van der Waals surface area contributed by atoms with Gasteiger partial charge >= 0.3 is 5.97 Å². The molecular formula is C14H12N4O4. The number of aromatic nitrogens is 4. The lowest BCUT2D eigenvalue weighted by Crippen LogP contribution is -2.27. The highest BCUT2D eigenvalue weighted by molar-refractivity contribution is 5.71. The number of para-hydroxylation sites is 1. The molecule has 0 saturated carbocycles. The van der Waals surface area contributed by atoms with Gasteiger partial charge in [0.15, 0.2) is 0 Å². The molecule has 22 heavy (non-hydrogen) atoms. The smallest absolute Gasteiger partial charge is 0.325 e. The molecule has 1 N–H and O–H groups in total. The normalized spacial score (nSPS) is 10.8. The topological polar surface area (TPSA) is 98.7 Å². The summed E-state index contributed by atoms with van der Waals surface area (Å²) in [6.45, 7) is -0.496. The number of nitrogens with zero attached hydrogens (tertiary/aromatic N) is 4. The van der Waals surface area contributed by atoms with E-state index in [4.69, 9.17) is 9.84 Å². The number of carboxylic acids is 1. The molecule has 0 aliphatic heterocycles. The van der Waals surface area contributed by atoms with Crippen molar-refractivity contribution in [3.8, 4) is 17.0 Å². The lowest BCUT2D eigenvalue weighted by atomic mass is 10.1. The molecule has 0 radical (unpaired) electrons. The van der Waals surface area contributed by atoms with E-state index in [-0.39, 0.29) is 5.52 Å². The Bertz CT molecular complexity index is 913. The van der Waals surface area contributed by atoms with Gasteiger partial charge in [0.05, 0.1) is 12.8 Å². The van der Waals surface area contributed by atoms with Crippen LogP contribution in [0.3, 0.4) is 0 Å². The van der Waals surface area contributed by atoms with Gasteiger partial charge in [0.2, 0.25) is 0 Å². The van der Waals surface area contributed by atoms with Gasteiger partial charge in [-0.15, -0.1) is 0 Å². The molecular weight excluding hydrogens is 288 g/mol. The fraction of sp³-hybridized carbons (Fsp3) is 0.143. The number of ether oxygens (including phenoxy) is 1. The Labute approximate surface area is 124 Å². The van der Waals surface area contributed by atoms with Crippen LogP contribution in [0.2, 0.25) is 0 Å². The summed E-state index contributed by atoms with van der Waals surface area (Å²) in [6.07, 6.45) is 1.30. The monoisotopic (exact) mass is 300 g/mol. The van der Waals surface area contributed by atoms with E-state index in [2.05, 4.69) is 10.2 Å². The Morgan fingerprint density at radius 3 is 2.86 bits per heavy atom. The molecule has 0 bridgehead atoms. The Balaban J connectivity index is 2.16. The summed E-state index contributed by atoms with van der Waals surface area (Å²) in [7, 11) is 1.55. The van der Waals surface area contributed by atoms with Gasteiger partial charge in [0.1, 0.15) is 24.1 Å². The molecule has 0 saturated heterocycles. The molecule has 1 aromatic carbocycles. The van der Waals surface area contributed by atoms with E-state index in [0.717, 1.165) is 10.2 Å². The maximum atomic E-state index is 12.2. The minimum atomic E-state index is -1.14. The summed E-state index contributed by atoms with van der Waals surface area (Å²) < 4.78 is 7.48. The first-order valence-corrected chi connectivity index (χ1v) is 6.41. The molecule has 8 nitrogen and oxygen atoms in total. The van der Waals surface area contributed by atoms with Crippen LogP contribution < -0.4 is 10.3 Å². The molecule has 0 atom stereocenters. The number of rotatable bonds is 4. The van der Waals surface area contributed by atoms with Crippen molar-refractivity contribution in [2.24, 2.45) is 0 Å². The average molecular weight is 300 g/mol. The molecule has 2 heterocycles. The molecule has 3 aromatic rings. The number of hydrogen-bond donors (Lipinski definition) is 1. The third-order valence-electron chi connectivity index (χ3n) is 3.16. The molecule has 2 aromatic heterocycles. The van der Waals surface area contributed by atoms with Crippen LogP contribution in [0.1, 0.15) is 0 Å². The number of hydrogen-bond acceptors (Lipinski definition) is 5. The highest BCUT2D eigenvalue weighted by atomic mass is 16.5. The summed E-state index contributed by atoms with van der Waals surface area (Å²) in [5, 5.41) is 16.9. The zero-order valence-corrected chi connectivity index (χ0v) is 11.6. The summed E-state index contributed by atoms with van der Waals surface area (Å²) >= 11 is 0. The van der Waals surface area contributed by atoms with Gasteiger partial charge in [-0.05, 0) is 18.2 Å². The van der Waals surface area contributed by atoms with Crippen molar-refractivity contribution >= 4 is 11.5 Å². The summed E-state index contributed by atoms with van der Waals surface area (Å²) in [4.78, 5) is 22.9. The van der Waals surface area contributed by atoms with Crippen molar-refractivity contribution in [2.45, 2.75) is 6.54 Å². The van der Waals surface area contributed by atoms with Crippen molar-refractivity contribution in [1.82, 2.24) is 19.4 Å².